The Labute approximate surface area is 184 Å². The fourth-order valence-electron chi connectivity index (χ4n) is 2.70. The van der Waals surface area contributed by atoms with Crippen molar-refractivity contribution >= 4 is 40.7 Å². The maximum absolute atomic E-state index is 13.0. The van der Waals surface area contributed by atoms with E-state index in [0.29, 0.717) is 27.1 Å². The average Bonchev–Trinajstić information content (AvgIpc) is 3.12. The highest BCUT2D eigenvalue weighted by molar-refractivity contribution is 6.32. The minimum Gasteiger partial charge on any atom is -0.320 e. The number of nitrogen functional groups attached to an aromatic ring is 1. The molecule has 0 fully saturated rings. The maximum Gasteiger partial charge on any atom is 0.274 e. The Morgan fingerprint density at radius 3 is 2.43 bits per heavy atom. The van der Waals surface area contributed by atoms with Gasteiger partial charge in [0.25, 0.3) is 11.8 Å². The van der Waals surface area contributed by atoms with Gasteiger partial charge in [0, 0.05) is 11.2 Å². The zero-order valence-corrected chi connectivity index (χ0v) is 18.5. The highest BCUT2D eigenvalue weighted by atomic mass is 35.5. The molecule has 0 radical (unpaired) electrons. The van der Waals surface area contributed by atoms with E-state index in [0.717, 1.165) is 0 Å². The van der Waals surface area contributed by atoms with Crippen LogP contribution in [0.2, 0.25) is 10.0 Å². The Kier molecular flexibility index (Phi) is 7.93. The van der Waals surface area contributed by atoms with Crippen molar-refractivity contribution in [2.45, 2.75) is 27.7 Å². The minimum atomic E-state index is -0.585. The van der Waals surface area contributed by atoms with Crippen LogP contribution in [-0.2, 0) is 0 Å². The third kappa shape index (κ3) is 4.96. The summed E-state index contributed by atoms with van der Waals surface area (Å²) in [7, 11) is 0. The molecule has 8 nitrogen and oxygen atoms in total. The van der Waals surface area contributed by atoms with Gasteiger partial charge in [0.1, 0.15) is 5.69 Å². The lowest BCUT2D eigenvalue weighted by Gasteiger charge is -2.14. The third-order valence-electron chi connectivity index (χ3n) is 3.92. The third-order valence-corrected chi connectivity index (χ3v) is 4.43. The second-order valence-electron chi connectivity index (χ2n) is 5.96. The highest BCUT2D eigenvalue weighted by Crippen LogP contribution is 2.27. The standard InChI is InChI=1S/C18H16Cl2N6O2.C2H6/c1-9-6-11(19)8-12(17(27)24-21)15(9)23-18(28)14-7-10(2)25-26(14)16-13(20)4-3-5-22-16;1-2/h3-8H,21H2,1-2H3,(H,23,28)(H,24,27);1-2H3. The number of pyridine rings is 1. The number of hydrogen-bond acceptors (Lipinski definition) is 5. The second-order valence-corrected chi connectivity index (χ2v) is 6.81. The molecule has 0 bridgehead atoms. The minimum absolute atomic E-state index is 0.138. The summed E-state index contributed by atoms with van der Waals surface area (Å²) < 4.78 is 1.35. The van der Waals surface area contributed by atoms with E-state index >= 15 is 0 Å². The number of amides is 2. The van der Waals surface area contributed by atoms with Crippen LogP contribution in [0.25, 0.3) is 5.82 Å². The van der Waals surface area contributed by atoms with Crippen LogP contribution in [0.15, 0.2) is 36.5 Å². The Morgan fingerprint density at radius 2 is 1.80 bits per heavy atom. The van der Waals surface area contributed by atoms with Gasteiger partial charge in [-0.05, 0) is 49.7 Å². The van der Waals surface area contributed by atoms with Crippen LogP contribution in [0.1, 0.15) is 46.0 Å². The largest absolute Gasteiger partial charge is 0.320 e. The first-order chi connectivity index (χ1) is 14.3. The van der Waals surface area contributed by atoms with Crippen LogP contribution in [0.4, 0.5) is 5.69 Å². The summed E-state index contributed by atoms with van der Waals surface area (Å²) in [5.74, 6) is 4.47. The summed E-state index contributed by atoms with van der Waals surface area (Å²) in [6.45, 7) is 7.46. The smallest absolute Gasteiger partial charge is 0.274 e. The van der Waals surface area contributed by atoms with E-state index < -0.39 is 11.8 Å². The molecule has 0 saturated heterocycles. The molecule has 2 amide bonds. The summed E-state index contributed by atoms with van der Waals surface area (Å²) in [6, 6.07) is 7.97. The highest BCUT2D eigenvalue weighted by Gasteiger charge is 2.21. The number of nitrogens with zero attached hydrogens (tertiary/aromatic N) is 3. The molecule has 0 spiro atoms. The van der Waals surface area contributed by atoms with Crippen LogP contribution >= 0.6 is 23.2 Å². The summed E-state index contributed by atoms with van der Waals surface area (Å²) in [5.41, 5.74) is 3.86. The van der Waals surface area contributed by atoms with Crippen molar-refractivity contribution in [3.8, 4) is 5.82 Å². The van der Waals surface area contributed by atoms with Crippen LogP contribution < -0.4 is 16.6 Å². The Morgan fingerprint density at radius 1 is 1.10 bits per heavy atom. The van der Waals surface area contributed by atoms with E-state index in [9.17, 15) is 9.59 Å². The van der Waals surface area contributed by atoms with Crippen LogP contribution in [0.3, 0.4) is 0 Å². The first-order valence-electron chi connectivity index (χ1n) is 9.11. The van der Waals surface area contributed by atoms with Gasteiger partial charge in [0.2, 0.25) is 0 Å². The van der Waals surface area contributed by atoms with Gasteiger partial charge in [0.05, 0.1) is 22.0 Å². The number of hydrogen-bond donors (Lipinski definition) is 3. The fraction of sp³-hybridized carbons (Fsp3) is 0.200. The fourth-order valence-corrected chi connectivity index (χ4v) is 3.17. The zero-order chi connectivity index (χ0) is 22.4. The van der Waals surface area contributed by atoms with E-state index in [2.05, 4.69) is 15.4 Å². The van der Waals surface area contributed by atoms with E-state index in [4.69, 9.17) is 29.0 Å². The molecule has 0 unspecified atom stereocenters. The molecular formula is C20H22Cl2N6O2. The lowest BCUT2D eigenvalue weighted by molar-refractivity contribution is 0.0954. The van der Waals surface area contributed by atoms with Crippen molar-refractivity contribution in [3.63, 3.8) is 0 Å². The van der Waals surface area contributed by atoms with Crippen molar-refractivity contribution in [2.75, 3.05) is 5.32 Å². The molecule has 10 heteroatoms. The van der Waals surface area contributed by atoms with E-state index in [1.165, 1.54) is 10.7 Å². The Hall–Kier alpha value is -2.94. The number of nitrogens with one attached hydrogen (secondary N) is 2. The molecule has 30 heavy (non-hydrogen) atoms. The zero-order valence-electron chi connectivity index (χ0n) is 17.0. The molecule has 4 N–H and O–H groups in total. The summed E-state index contributed by atoms with van der Waals surface area (Å²) >= 11 is 12.2. The van der Waals surface area contributed by atoms with Crippen molar-refractivity contribution in [1.82, 2.24) is 20.2 Å². The molecule has 0 saturated carbocycles. The topological polar surface area (TPSA) is 115 Å². The molecule has 0 aliphatic heterocycles. The van der Waals surface area contributed by atoms with E-state index in [1.54, 1.807) is 44.3 Å². The summed E-state index contributed by atoms with van der Waals surface area (Å²) in [5, 5.41) is 7.72. The molecular weight excluding hydrogens is 427 g/mol. The van der Waals surface area contributed by atoms with Gasteiger partial charge in [-0.25, -0.2) is 15.5 Å². The van der Waals surface area contributed by atoms with E-state index in [-0.39, 0.29) is 16.9 Å². The van der Waals surface area contributed by atoms with Crippen LogP contribution in [-0.4, -0.2) is 26.6 Å². The molecule has 0 atom stereocenters. The summed E-state index contributed by atoms with van der Waals surface area (Å²) in [4.78, 5) is 29.3. The van der Waals surface area contributed by atoms with Gasteiger partial charge in [0.15, 0.2) is 5.82 Å². The van der Waals surface area contributed by atoms with Gasteiger partial charge >= 0.3 is 0 Å². The van der Waals surface area contributed by atoms with Crippen LogP contribution in [0.5, 0.6) is 0 Å². The molecule has 2 heterocycles. The SMILES string of the molecule is CC.Cc1cc(C(=O)Nc2c(C)cc(Cl)cc2C(=O)NN)n(-c2ncccc2Cl)n1. The number of aromatic nitrogens is 3. The molecule has 0 aliphatic carbocycles. The van der Waals surface area contributed by atoms with Gasteiger partial charge in [-0.2, -0.15) is 5.10 Å². The first kappa shape index (κ1) is 23.3. The van der Waals surface area contributed by atoms with E-state index in [1.807, 2.05) is 19.3 Å². The molecule has 1 aromatic carbocycles. The molecule has 2 aromatic heterocycles. The van der Waals surface area contributed by atoms with Crippen LogP contribution in [0, 0.1) is 13.8 Å². The predicted molar refractivity (Wildman–Crippen MR) is 118 cm³/mol. The van der Waals surface area contributed by atoms with Crippen molar-refractivity contribution in [3.05, 3.63) is 69.1 Å². The second kappa shape index (κ2) is 10.2. The molecule has 3 rings (SSSR count). The molecule has 158 valence electrons. The maximum atomic E-state index is 13.0. The first-order valence-corrected chi connectivity index (χ1v) is 9.87. The number of anilines is 1. The predicted octanol–water partition coefficient (Wildman–Crippen LogP) is 4.07. The van der Waals surface area contributed by atoms with Crippen molar-refractivity contribution in [2.24, 2.45) is 5.84 Å². The number of carbonyl (C=O) groups is 2. The van der Waals surface area contributed by atoms with Gasteiger partial charge in [-0.1, -0.05) is 37.0 Å². The lowest BCUT2D eigenvalue weighted by Crippen LogP contribution is -2.31. The number of carbonyl (C=O) groups excluding carboxylic acids is 2. The number of aryl methyl sites for hydroxylation is 2. The number of halogens is 2. The quantitative estimate of drug-likeness (QED) is 0.316. The Balaban J connectivity index is 0.00000155. The molecule has 0 aliphatic rings. The normalized spacial score (nSPS) is 10.1. The van der Waals surface area contributed by atoms with Crippen molar-refractivity contribution in [1.29, 1.82) is 0 Å². The lowest BCUT2D eigenvalue weighted by atomic mass is 10.1. The number of nitrogens with two attached hydrogens (primary N) is 1. The van der Waals surface area contributed by atoms with Gasteiger partial charge < -0.3 is 5.32 Å². The number of hydrazine groups is 1. The molecule has 3 aromatic rings. The number of rotatable bonds is 4. The Bertz CT molecular complexity index is 1080. The van der Waals surface area contributed by atoms with Gasteiger partial charge in [-0.3, -0.25) is 15.0 Å². The average molecular weight is 449 g/mol. The van der Waals surface area contributed by atoms with Gasteiger partial charge in [-0.15, -0.1) is 0 Å². The van der Waals surface area contributed by atoms with Crippen molar-refractivity contribution < 1.29 is 9.59 Å². The monoisotopic (exact) mass is 448 g/mol. The summed E-state index contributed by atoms with van der Waals surface area (Å²) in [6.07, 6.45) is 1.55. The number of benzene rings is 1.